The number of aromatic amines is 1. The van der Waals surface area contributed by atoms with Crippen molar-refractivity contribution >= 4 is 16.6 Å². The number of fused-ring (bicyclic) bond motifs is 1. The first-order valence-electron chi connectivity index (χ1n) is 7.23. The van der Waals surface area contributed by atoms with E-state index in [1.54, 1.807) is 12.1 Å². The molecular formula is C17H16FN3. The summed E-state index contributed by atoms with van der Waals surface area (Å²) >= 11 is 0. The third-order valence-corrected chi connectivity index (χ3v) is 4.29. The number of nitrogens with one attached hydrogen (secondary N) is 2. The van der Waals surface area contributed by atoms with Crippen molar-refractivity contribution in [3.05, 3.63) is 60.0 Å². The van der Waals surface area contributed by atoms with Crippen LogP contribution in [-0.4, -0.2) is 16.2 Å². The van der Waals surface area contributed by atoms with E-state index in [0.717, 1.165) is 29.4 Å². The summed E-state index contributed by atoms with van der Waals surface area (Å²) in [6, 6.07) is 13.6. The minimum absolute atomic E-state index is 0.166. The van der Waals surface area contributed by atoms with Crippen molar-refractivity contribution in [3.63, 3.8) is 0 Å². The third-order valence-electron chi connectivity index (χ3n) is 4.29. The first-order chi connectivity index (χ1) is 10.3. The average molecular weight is 281 g/mol. The molecule has 0 amide bonds. The molecule has 21 heavy (non-hydrogen) atoms. The van der Waals surface area contributed by atoms with Gasteiger partial charge in [0.05, 0.1) is 11.7 Å². The number of hydrogen-bond donors (Lipinski definition) is 2. The highest BCUT2D eigenvalue weighted by molar-refractivity contribution is 5.81. The zero-order valence-electron chi connectivity index (χ0n) is 11.5. The molecule has 0 atom stereocenters. The molecule has 1 aromatic heterocycles. The van der Waals surface area contributed by atoms with Crippen molar-refractivity contribution in [2.45, 2.75) is 24.8 Å². The Hall–Kier alpha value is -2.36. The standard InChI is InChI=1S/C17H16FN3/c18-14-3-1-11(2-4-14)12-7-16(8-12)20-15-5-6-17-13(9-15)10-19-21-17/h1-6,9-10,12,16,20H,7-8H2,(H,19,21). The molecule has 3 nitrogen and oxygen atoms in total. The van der Waals surface area contributed by atoms with Gasteiger partial charge in [-0.05, 0) is 54.7 Å². The van der Waals surface area contributed by atoms with E-state index in [1.165, 1.54) is 5.56 Å². The van der Waals surface area contributed by atoms with Gasteiger partial charge in [0.2, 0.25) is 0 Å². The van der Waals surface area contributed by atoms with Crippen molar-refractivity contribution in [3.8, 4) is 0 Å². The minimum Gasteiger partial charge on any atom is -0.382 e. The predicted octanol–water partition coefficient (Wildman–Crippen LogP) is 4.06. The largest absolute Gasteiger partial charge is 0.382 e. The summed E-state index contributed by atoms with van der Waals surface area (Å²) < 4.78 is 12.9. The summed E-state index contributed by atoms with van der Waals surface area (Å²) in [5.74, 6) is 0.377. The topological polar surface area (TPSA) is 40.7 Å². The molecule has 1 heterocycles. The smallest absolute Gasteiger partial charge is 0.123 e. The van der Waals surface area contributed by atoms with Gasteiger partial charge in [0, 0.05) is 17.1 Å². The van der Waals surface area contributed by atoms with E-state index in [-0.39, 0.29) is 5.82 Å². The minimum atomic E-state index is -0.166. The van der Waals surface area contributed by atoms with E-state index in [2.05, 4.69) is 27.6 Å². The van der Waals surface area contributed by atoms with Gasteiger partial charge in [-0.2, -0.15) is 5.10 Å². The Morgan fingerprint density at radius 2 is 1.90 bits per heavy atom. The molecule has 0 saturated heterocycles. The molecule has 0 aliphatic heterocycles. The van der Waals surface area contributed by atoms with Gasteiger partial charge in [0.25, 0.3) is 0 Å². The van der Waals surface area contributed by atoms with Gasteiger partial charge in [0.1, 0.15) is 5.82 Å². The van der Waals surface area contributed by atoms with Gasteiger partial charge in [-0.3, -0.25) is 5.10 Å². The summed E-state index contributed by atoms with van der Waals surface area (Å²) in [5.41, 5.74) is 3.42. The Morgan fingerprint density at radius 1 is 1.10 bits per heavy atom. The second-order valence-electron chi connectivity index (χ2n) is 5.73. The summed E-state index contributed by atoms with van der Waals surface area (Å²) in [6.07, 6.45) is 4.02. The summed E-state index contributed by atoms with van der Waals surface area (Å²) in [6.45, 7) is 0. The second-order valence-corrected chi connectivity index (χ2v) is 5.73. The Morgan fingerprint density at radius 3 is 2.71 bits per heavy atom. The molecule has 0 radical (unpaired) electrons. The molecule has 106 valence electrons. The lowest BCUT2D eigenvalue weighted by atomic mass is 9.76. The molecule has 0 spiro atoms. The summed E-state index contributed by atoms with van der Waals surface area (Å²) in [5, 5.41) is 11.7. The van der Waals surface area contributed by atoms with Crippen molar-refractivity contribution in [2.75, 3.05) is 5.32 Å². The van der Waals surface area contributed by atoms with Gasteiger partial charge in [0.15, 0.2) is 0 Å². The fourth-order valence-electron chi connectivity index (χ4n) is 3.01. The Kier molecular flexibility index (Phi) is 2.88. The number of nitrogens with zero attached hydrogens (tertiary/aromatic N) is 1. The molecule has 0 unspecified atom stereocenters. The Labute approximate surface area is 122 Å². The molecule has 3 aromatic rings. The first-order valence-corrected chi connectivity index (χ1v) is 7.23. The van der Waals surface area contributed by atoms with E-state index >= 15 is 0 Å². The van der Waals surface area contributed by atoms with Gasteiger partial charge < -0.3 is 5.32 Å². The van der Waals surface area contributed by atoms with Crippen LogP contribution in [0.3, 0.4) is 0 Å². The van der Waals surface area contributed by atoms with Gasteiger partial charge in [-0.1, -0.05) is 12.1 Å². The highest BCUT2D eigenvalue weighted by atomic mass is 19.1. The summed E-state index contributed by atoms with van der Waals surface area (Å²) in [7, 11) is 0. The Balaban J connectivity index is 1.40. The number of halogens is 1. The highest BCUT2D eigenvalue weighted by Gasteiger charge is 2.30. The normalized spacial score (nSPS) is 21.2. The van der Waals surface area contributed by atoms with E-state index in [9.17, 15) is 4.39 Å². The average Bonchev–Trinajstić information content (AvgIpc) is 2.91. The van der Waals surface area contributed by atoms with Crippen LogP contribution in [0.5, 0.6) is 0 Å². The van der Waals surface area contributed by atoms with Crippen LogP contribution >= 0.6 is 0 Å². The van der Waals surface area contributed by atoms with Crippen LogP contribution < -0.4 is 5.32 Å². The van der Waals surface area contributed by atoms with E-state index < -0.39 is 0 Å². The zero-order valence-corrected chi connectivity index (χ0v) is 11.5. The number of H-pyrrole nitrogens is 1. The molecule has 4 heteroatoms. The maximum absolute atomic E-state index is 12.9. The molecule has 1 aliphatic carbocycles. The predicted molar refractivity (Wildman–Crippen MR) is 81.9 cm³/mol. The van der Waals surface area contributed by atoms with Crippen molar-refractivity contribution in [2.24, 2.45) is 0 Å². The SMILES string of the molecule is Fc1ccc(C2CC(Nc3ccc4[nH]ncc4c3)C2)cc1. The van der Waals surface area contributed by atoms with E-state index in [1.807, 2.05) is 24.4 Å². The zero-order chi connectivity index (χ0) is 14.2. The quantitative estimate of drug-likeness (QED) is 0.760. The van der Waals surface area contributed by atoms with Crippen molar-refractivity contribution in [1.29, 1.82) is 0 Å². The number of hydrogen-bond acceptors (Lipinski definition) is 2. The number of rotatable bonds is 3. The van der Waals surface area contributed by atoms with Gasteiger partial charge in [-0.15, -0.1) is 0 Å². The second kappa shape index (κ2) is 4.88. The molecular weight excluding hydrogens is 265 g/mol. The lowest BCUT2D eigenvalue weighted by molar-refractivity contribution is 0.374. The molecule has 1 saturated carbocycles. The van der Waals surface area contributed by atoms with E-state index in [4.69, 9.17) is 0 Å². The lowest BCUT2D eigenvalue weighted by Gasteiger charge is -2.37. The fourth-order valence-corrected chi connectivity index (χ4v) is 3.01. The molecule has 1 aliphatic rings. The van der Waals surface area contributed by atoms with Crippen LogP contribution in [0, 0.1) is 5.82 Å². The maximum atomic E-state index is 12.9. The molecule has 1 fully saturated rings. The molecule has 4 rings (SSSR count). The van der Waals surface area contributed by atoms with E-state index in [0.29, 0.717) is 12.0 Å². The van der Waals surface area contributed by atoms with Gasteiger partial charge >= 0.3 is 0 Å². The lowest BCUT2D eigenvalue weighted by Crippen LogP contribution is -2.33. The Bertz CT molecular complexity index is 757. The van der Waals surface area contributed by atoms with Crippen LogP contribution in [-0.2, 0) is 0 Å². The van der Waals surface area contributed by atoms with Crippen LogP contribution in [0.2, 0.25) is 0 Å². The van der Waals surface area contributed by atoms with Gasteiger partial charge in [-0.25, -0.2) is 4.39 Å². The molecule has 2 aromatic carbocycles. The number of anilines is 1. The summed E-state index contributed by atoms with van der Waals surface area (Å²) in [4.78, 5) is 0. The molecule has 2 N–H and O–H groups in total. The van der Waals surface area contributed by atoms with Crippen LogP contribution in [0.1, 0.15) is 24.3 Å². The monoisotopic (exact) mass is 281 g/mol. The van der Waals surface area contributed by atoms with Crippen LogP contribution in [0.15, 0.2) is 48.7 Å². The molecule has 0 bridgehead atoms. The highest BCUT2D eigenvalue weighted by Crippen LogP contribution is 2.38. The first kappa shape index (κ1) is 12.4. The van der Waals surface area contributed by atoms with Crippen LogP contribution in [0.4, 0.5) is 10.1 Å². The van der Waals surface area contributed by atoms with Crippen molar-refractivity contribution < 1.29 is 4.39 Å². The third kappa shape index (κ3) is 2.37. The number of aromatic nitrogens is 2. The maximum Gasteiger partial charge on any atom is 0.123 e. The van der Waals surface area contributed by atoms with Crippen molar-refractivity contribution in [1.82, 2.24) is 10.2 Å². The van der Waals surface area contributed by atoms with Crippen LogP contribution in [0.25, 0.3) is 10.9 Å². The number of benzene rings is 2. The fraction of sp³-hybridized carbons (Fsp3) is 0.235.